The Kier molecular flexibility index (Phi) is 4.50. The number of carbonyl (C=O) groups is 2. The lowest BCUT2D eigenvalue weighted by Gasteiger charge is -2.33. The highest BCUT2D eigenvalue weighted by atomic mass is 32.1. The van der Waals surface area contributed by atoms with Gasteiger partial charge in [-0.25, -0.2) is 0 Å². The van der Waals surface area contributed by atoms with Crippen LogP contribution in [-0.2, 0) is 17.6 Å². The summed E-state index contributed by atoms with van der Waals surface area (Å²) in [4.78, 5) is 25.9. The SMILES string of the molecule is CC(C)(C)C1CCc2sc(C(=O)NC3CCC(=O)NC3)cc2C1. The number of aryl methyl sites for hydroxylation is 1. The third-order valence-corrected chi connectivity index (χ3v) is 6.37. The molecule has 0 bridgehead atoms. The normalized spacial score (nSPS) is 24.7. The molecule has 126 valence electrons. The number of fused-ring (bicyclic) bond motifs is 1. The predicted octanol–water partition coefficient (Wildman–Crippen LogP) is 2.91. The molecule has 0 saturated carbocycles. The van der Waals surface area contributed by atoms with Crippen LogP contribution in [0.4, 0.5) is 0 Å². The smallest absolute Gasteiger partial charge is 0.261 e. The maximum Gasteiger partial charge on any atom is 0.261 e. The summed E-state index contributed by atoms with van der Waals surface area (Å²) >= 11 is 1.65. The van der Waals surface area contributed by atoms with E-state index in [0.717, 1.165) is 24.1 Å². The summed E-state index contributed by atoms with van der Waals surface area (Å²) in [6, 6.07) is 2.15. The van der Waals surface area contributed by atoms with Gasteiger partial charge in [-0.15, -0.1) is 11.3 Å². The molecular formula is C18H26N2O2S. The maximum atomic E-state index is 12.5. The first kappa shape index (κ1) is 16.5. The Balaban J connectivity index is 1.65. The fourth-order valence-electron chi connectivity index (χ4n) is 3.49. The van der Waals surface area contributed by atoms with Gasteiger partial charge in [-0.2, -0.15) is 0 Å². The quantitative estimate of drug-likeness (QED) is 0.874. The van der Waals surface area contributed by atoms with Crippen LogP contribution in [0.1, 0.15) is 60.1 Å². The van der Waals surface area contributed by atoms with E-state index in [1.165, 1.54) is 16.9 Å². The molecule has 1 aromatic heterocycles. The van der Waals surface area contributed by atoms with Gasteiger partial charge in [0.1, 0.15) is 0 Å². The number of amides is 2. The highest BCUT2D eigenvalue weighted by Crippen LogP contribution is 2.40. The molecule has 1 aliphatic carbocycles. The van der Waals surface area contributed by atoms with Gasteiger partial charge in [-0.05, 0) is 48.6 Å². The summed E-state index contributed by atoms with van der Waals surface area (Å²) in [6.45, 7) is 7.46. The van der Waals surface area contributed by atoms with Crippen LogP contribution in [0.25, 0.3) is 0 Å². The van der Waals surface area contributed by atoms with E-state index in [-0.39, 0.29) is 17.9 Å². The van der Waals surface area contributed by atoms with Gasteiger partial charge in [-0.3, -0.25) is 9.59 Å². The van der Waals surface area contributed by atoms with E-state index >= 15 is 0 Å². The van der Waals surface area contributed by atoms with Crippen LogP contribution in [0.5, 0.6) is 0 Å². The van der Waals surface area contributed by atoms with Crippen molar-refractivity contribution >= 4 is 23.2 Å². The van der Waals surface area contributed by atoms with Crippen molar-refractivity contribution in [2.75, 3.05) is 6.54 Å². The third kappa shape index (κ3) is 3.77. The van der Waals surface area contributed by atoms with Crippen molar-refractivity contribution in [3.05, 3.63) is 21.4 Å². The van der Waals surface area contributed by atoms with Crippen molar-refractivity contribution in [3.8, 4) is 0 Å². The Morgan fingerprint density at radius 2 is 2.09 bits per heavy atom. The van der Waals surface area contributed by atoms with Gasteiger partial charge < -0.3 is 10.6 Å². The highest BCUT2D eigenvalue weighted by molar-refractivity contribution is 7.14. The molecule has 1 fully saturated rings. The van der Waals surface area contributed by atoms with Crippen molar-refractivity contribution in [2.45, 2.75) is 58.9 Å². The minimum Gasteiger partial charge on any atom is -0.354 e. The fourth-order valence-corrected chi connectivity index (χ4v) is 4.60. The number of hydrogen-bond donors (Lipinski definition) is 2. The second-order valence-electron chi connectivity index (χ2n) is 7.88. The van der Waals surface area contributed by atoms with Crippen LogP contribution in [-0.4, -0.2) is 24.4 Å². The van der Waals surface area contributed by atoms with Gasteiger partial charge in [0, 0.05) is 23.9 Å². The molecule has 1 aliphatic heterocycles. The average molecular weight is 334 g/mol. The molecule has 2 amide bonds. The van der Waals surface area contributed by atoms with Gasteiger partial charge in [0.25, 0.3) is 5.91 Å². The molecule has 2 atom stereocenters. The van der Waals surface area contributed by atoms with Crippen LogP contribution in [0.15, 0.2) is 6.07 Å². The Morgan fingerprint density at radius 3 is 2.74 bits per heavy atom. The van der Waals surface area contributed by atoms with E-state index in [1.807, 2.05) is 0 Å². The zero-order valence-electron chi connectivity index (χ0n) is 14.2. The molecule has 1 aromatic rings. The molecule has 0 radical (unpaired) electrons. The summed E-state index contributed by atoms with van der Waals surface area (Å²) < 4.78 is 0. The number of carbonyl (C=O) groups excluding carboxylic acids is 2. The van der Waals surface area contributed by atoms with Crippen molar-refractivity contribution < 1.29 is 9.59 Å². The van der Waals surface area contributed by atoms with Crippen molar-refractivity contribution in [3.63, 3.8) is 0 Å². The highest BCUT2D eigenvalue weighted by Gasteiger charge is 2.30. The molecule has 0 aromatic carbocycles. The minimum absolute atomic E-state index is 0.0119. The van der Waals surface area contributed by atoms with E-state index < -0.39 is 0 Å². The second-order valence-corrected chi connectivity index (χ2v) is 9.01. The first-order chi connectivity index (χ1) is 10.8. The van der Waals surface area contributed by atoms with Crippen LogP contribution in [0, 0.1) is 11.3 Å². The topological polar surface area (TPSA) is 58.2 Å². The number of piperidine rings is 1. The van der Waals surface area contributed by atoms with Crippen molar-refractivity contribution in [2.24, 2.45) is 11.3 Å². The molecule has 2 heterocycles. The fraction of sp³-hybridized carbons (Fsp3) is 0.667. The molecular weight excluding hydrogens is 308 g/mol. The summed E-state index contributed by atoms with van der Waals surface area (Å²) in [6.07, 6.45) is 4.62. The summed E-state index contributed by atoms with van der Waals surface area (Å²) in [5.74, 6) is 0.780. The van der Waals surface area contributed by atoms with Crippen molar-refractivity contribution in [1.29, 1.82) is 0 Å². The Morgan fingerprint density at radius 1 is 1.30 bits per heavy atom. The second kappa shape index (κ2) is 6.27. The lowest BCUT2D eigenvalue weighted by molar-refractivity contribution is -0.122. The lowest BCUT2D eigenvalue weighted by Crippen LogP contribution is -2.47. The van der Waals surface area contributed by atoms with E-state index in [1.54, 1.807) is 11.3 Å². The van der Waals surface area contributed by atoms with Crippen molar-refractivity contribution in [1.82, 2.24) is 10.6 Å². The number of thiophene rings is 1. The van der Waals surface area contributed by atoms with Gasteiger partial charge in [0.15, 0.2) is 0 Å². The van der Waals surface area contributed by atoms with E-state index in [4.69, 9.17) is 0 Å². The Hall–Kier alpha value is -1.36. The number of hydrogen-bond acceptors (Lipinski definition) is 3. The molecule has 1 saturated heterocycles. The number of nitrogens with one attached hydrogen (secondary N) is 2. The number of rotatable bonds is 2. The summed E-state index contributed by atoms with van der Waals surface area (Å²) in [5.41, 5.74) is 1.69. The molecule has 2 unspecified atom stereocenters. The van der Waals surface area contributed by atoms with Gasteiger partial charge in [0.2, 0.25) is 5.91 Å². The van der Waals surface area contributed by atoms with Gasteiger partial charge in [0.05, 0.1) is 4.88 Å². The van der Waals surface area contributed by atoms with E-state index in [0.29, 0.717) is 24.3 Å². The molecule has 4 nitrogen and oxygen atoms in total. The Labute approximate surface area is 142 Å². The predicted molar refractivity (Wildman–Crippen MR) is 92.8 cm³/mol. The molecule has 2 aliphatic rings. The third-order valence-electron chi connectivity index (χ3n) is 5.13. The zero-order chi connectivity index (χ0) is 16.6. The first-order valence-electron chi connectivity index (χ1n) is 8.52. The largest absolute Gasteiger partial charge is 0.354 e. The van der Waals surface area contributed by atoms with Gasteiger partial charge >= 0.3 is 0 Å². The lowest BCUT2D eigenvalue weighted by atomic mass is 9.72. The van der Waals surface area contributed by atoms with Gasteiger partial charge in [-0.1, -0.05) is 20.8 Å². The summed E-state index contributed by atoms with van der Waals surface area (Å²) in [5, 5.41) is 5.87. The molecule has 2 N–H and O–H groups in total. The molecule has 23 heavy (non-hydrogen) atoms. The standard InChI is InChI=1S/C18H26N2O2S/c1-18(2,3)12-4-6-14-11(8-12)9-15(23-14)17(22)20-13-5-7-16(21)19-10-13/h9,12-13H,4-8,10H2,1-3H3,(H,19,21)(H,20,22). The zero-order valence-corrected chi connectivity index (χ0v) is 15.0. The maximum absolute atomic E-state index is 12.5. The molecule has 5 heteroatoms. The van der Waals surface area contributed by atoms with Crippen LogP contribution in [0.2, 0.25) is 0 Å². The van der Waals surface area contributed by atoms with Crippen LogP contribution in [0.3, 0.4) is 0 Å². The molecule has 0 spiro atoms. The van der Waals surface area contributed by atoms with E-state index in [2.05, 4.69) is 37.5 Å². The first-order valence-corrected chi connectivity index (χ1v) is 9.33. The minimum atomic E-state index is 0.0119. The molecule has 3 rings (SSSR count). The van der Waals surface area contributed by atoms with Crippen LogP contribution >= 0.6 is 11.3 Å². The monoisotopic (exact) mass is 334 g/mol. The Bertz CT molecular complexity index is 605. The average Bonchev–Trinajstić information content (AvgIpc) is 2.92. The summed E-state index contributed by atoms with van der Waals surface area (Å²) in [7, 11) is 0. The van der Waals surface area contributed by atoms with E-state index in [9.17, 15) is 9.59 Å². The van der Waals surface area contributed by atoms with Crippen LogP contribution < -0.4 is 10.6 Å².